The largest absolute Gasteiger partial charge is 0.384 e. The van der Waals surface area contributed by atoms with Crippen molar-refractivity contribution in [3.63, 3.8) is 0 Å². The van der Waals surface area contributed by atoms with Crippen LogP contribution in [0.1, 0.15) is 25.0 Å². The molecule has 0 atom stereocenters. The molecule has 0 saturated heterocycles. The number of hydrogen-bond acceptors (Lipinski definition) is 3. The Kier molecular flexibility index (Phi) is 4.49. The molecule has 0 saturated carbocycles. The van der Waals surface area contributed by atoms with Crippen LogP contribution in [0.2, 0.25) is 0 Å². The van der Waals surface area contributed by atoms with Crippen LogP contribution in [0, 0.1) is 19.3 Å². The van der Waals surface area contributed by atoms with Gasteiger partial charge < -0.3 is 10.6 Å². The summed E-state index contributed by atoms with van der Waals surface area (Å²) in [5.74, 6) is 0. The number of amides is 1. The second-order valence-electron chi connectivity index (χ2n) is 5.16. The van der Waals surface area contributed by atoms with Crippen molar-refractivity contribution in [1.29, 1.82) is 0 Å². The third-order valence-electron chi connectivity index (χ3n) is 2.73. The number of nitrogens with zero attached hydrogens (tertiary/aromatic N) is 1. The molecule has 1 aromatic heterocycles. The lowest BCUT2D eigenvalue weighted by Gasteiger charge is -2.26. The fraction of sp³-hybridized carbons (Fsp3) is 0.538. The summed E-state index contributed by atoms with van der Waals surface area (Å²) in [4.78, 5) is 14.4. The van der Waals surface area contributed by atoms with Gasteiger partial charge in [0, 0.05) is 31.2 Å². The Morgan fingerprint density at radius 1 is 1.24 bits per heavy atom. The minimum Gasteiger partial charge on any atom is -0.384 e. The fourth-order valence-electron chi connectivity index (χ4n) is 1.69. The van der Waals surface area contributed by atoms with Crippen LogP contribution >= 0.6 is 0 Å². The zero-order valence-electron chi connectivity index (χ0n) is 11.0. The lowest BCUT2D eigenvalue weighted by Crippen LogP contribution is -2.34. The lowest BCUT2D eigenvalue weighted by atomic mass is 9.93. The molecule has 0 aromatic carbocycles. The van der Waals surface area contributed by atoms with Gasteiger partial charge in [0.2, 0.25) is 6.41 Å². The minimum absolute atomic E-state index is 0.0169. The average Bonchev–Trinajstić information content (AvgIpc) is 2.26. The molecule has 1 amide bonds. The quantitative estimate of drug-likeness (QED) is 0.740. The molecule has 4 heteroatoms. The van der Waals surface area contributed by atoms with Crippen LogP contribution in [0.5, 0.6) is 0 Å². The lowest BCUT2D eigenvalue weighted by molar-refractivity contribution is -0.109. The van der Waals surface area contributed by atoms with Gasteiger partial charge in [-0.2, -0.15) is 0 Å². The molecule has 0 radical (unpaired) electrons. The van der Waals surface area contributed by atoms with Crippen LogP contribution in [-0.2, 0) is 4.79 Å². The van der Waals surface area contributed by atoms with Crippen molar-refractivity contribution < 1.29 is 4.79 Å². The SMILES string of the molecule is Cc1cncc(C)c1NCC(C)(C)CNC=O. The molecule has 0 aliphatic carbocycles. The minimum atomic E-state index is 0.0169. The smallest absolute Gasteiger partial charge is 0.207 e. The van der Waals surface area contributed by atoms with Gasteiger partial charge in [-0.25, -0.2) is 0 Å². The third-order valence-corrected chi connectivity index (χ3v) is 2.73. The Hall–Kier alpha value is -1.58. The van der Waals surface area contributed by atoms with Gasteiger partial charge in [0.1, 0.15) is 0 Å². The standard InChI is InChI=1S/C13H21N3O/c1-10-5-14-6-11(2)12(10)16-8-13(3,4)7-15-9-17/h5-6,9H,7-8H2,1-4H3,(H,14,16)(H,15,17). The van der Waals surface area contributed by atoms with Crippen molar-refractivity contribution in [2.75, 3.05) is 18.4 Å². The van der Waals surface area contributed by atoms with Crippen molar-refractivity contribution in [3.05, 3.63) is 23.5 Å². The summed E-state index contributed by atoms with van der Waals surface area (Å²) in [7, 11) is 0. The number of pyridine rings is 1. The monoisotopic (exact) mass is 235 g/mol. The van der Waals surface area contributed by atoms with Gasteiger partial charge in [-0.15, -0.1) is 0 Å². The van der Waals surface area contributed by atoms with Crippen molar-refractivity contribution >= 4 is 12.1 Å². The molecule has 1 aromatic rings. The molecular formula is C13H21N3O. The average molecular weight is 235 g/mol. The highest BCUT2D eigenvalue weighted by molar-refractivity contribution is 5.55. The van der Waals surface area contributed by atoms with Gasteiger partial charge in [0.05, 0.1) is 0 Å². The van der Waals surface area contributed by atoms with E-state index in [9.17, 15) is 4.79 Å². The molecule has 0 unspecified atom stereocenters. The normalized spacial score (nSPS) is 11.1. The highest BCUT2D eigenvalue weighted by atomic mass is 16.1. The molecule has 0 fully saturated rings. The number of aryl methyl sites for hydroxylation is 2. The molecule has 0 aliphatic heterocycles. The predicted octanol–water partition coefficient (Wildman–Crippen LogP) is 1.88. The summed E-state index contributed by atoms with van der Waals surface area (Å²) in [5.41, 5.74) is 3.44. The van der Waals surface area contributed by atoms with Crippen LogP contribution < -0.4 is 10.6 Å². The van der Waals surface area contributed by atoms with E-state index in [1.165, 1.54) is 0 Å². The molecule has 1 heterocycles. The molecule has 0 spiro atoms. The molecule has 0 aliphatic rings. The summed E-state index contributed by atoms with van der Waals surface area (Å²) in [5, 5.41) is 6.16. The van der Waals surface area contributed by atoms with Gasteiger partial charge >= 0.3 is 0 Å². The zero-order chi connectivity index (χ0) is 12.9. The highest BCUT2D eigenvalue weighted by Crippen LogP contribution is 2.21. The number of anilines is 1. The summed E-state index contributed by atoms with van der Waals surface area (Å²) in [6.45, 7) is 9.77. The molecular weight excluding hydrogens is 214 g/mol. The second-order valence-corrected chi connectivity index (χ2v) is 5.16. The third kappa shape index (κ3) is 4.06. The van der Waals surface area contributed by atoms with Gasteiger partial charge in [-0.1, -0.05) is 13.8 Å². The molecule has 2 N–H and O–H groups in total. The van der Waals surface area contributed by atoms with Crippen LogP contribution in [-0.4, -0.2) is 24.5 Å². The van der Waals surface area contributed by atoms with Crippen molar-refractivity contribution in [3.8, 4) is 0 Å². The fourth-order valence-corrected chi connectivity index (χ4v) is 1.69. The second kappa shape index (κ2) is 5.66. The van der Waals surface area contributed by atoms with E-state index in [0.717, 1.165) is 29.8 Å². The van der Waals surface area contributed by atoms with Gasteiger partial charge in [-0.3, -0.25) is 9.78 Å². The maximum Gasteiger partial charge on any atom is 0.207 e. The first-order valence-corrected chi connectivity index (χ1v) is 5.78. The molecule has 0 bridgehead atoms. The summed E-state index contributed by atoms with van der Waals surface area (Å²) < 4.78 is 0. The number of nitrogens with one attached hydrogen (secondary N) is 2. The maximum absolute atomic E-state index is 10.3. The zero-order valence-corrected chi connectivity index (χ0v) is 11.0. The number of aromatic nitrogens is 1. The first-order valence-electron chi connectivity index (χ1n) is 5.78. The van der Waals surface area contributed by atoms with Gasteiger partial charge in [0.15, 0.2) is 0 Å². The van der Waals surface area contributed by atoms with E-state index in [1.807, 2.05) is 26.2 Å². The van der Waals surface area contributed by atoms with Crippen LogP contribution in [0.15, 0.2) is 12.4 Å². The first-order chi connectivity index (χ1) is 7.96. The highest BCUT2D eigenvalue weighted by Gasteiger charge is 2.17. The van der Waals surface area contributed by atoms with Crippen molar-refractivity contribution in [2.45, 2.75) is 27.7 Å². The molecule has 1 rings (SSSR count). The van der Waals surface area contributed by atoms with E-state index < -0.39 is 0 Å². The Balaban J connectivity index is 2.63. The Labute approximate surface area is 103 Å². The van der Waals surface area contributed by atoms with E-state index in [1.54, 1.807) is 0 Å². The van der Waals surface area contributed by atoms with Gasteiger partial charge in [0.25, 0.3) is 0 Å². The number of hydrogen-bond donors (Lipinski definition) is 2. The number of carbonyl (C=O) groups excluding carboxylic acids is 1. The van der Waals surface area contributed by atoms with Crippen LogP contribution in [0.25, 0.3) is 0 Å². The Bertz CT molecular complexity index is 368. The summed E-state index contributed by atoms with van der Waals surface area (Å²) in [6.07, 6.45) is 4.45. The van der Waals surface area contributed by atoms with Crippen molar-refractivity contribution in [2.24, 2.45) is 5.41 Å². The first kappa shape index (κ1) is 13.5. The number of carbonyl (C=O) groups is 1. The van der Waals surface area contributed by atoms with Gasteiger partial charge in [-0.05, 0) is 30.4 Å². The van der Waals surface area contributed by atoms with E-state index in [2.05, 4.69) is 29.5 Å². The maximum atomic E-state index is 10.3. The van der Waals surface area contributed by atoms with E-state index in [4.69, 9.17) is 0 Å². The molecule has 94 valence electrons. The van der Waals surface area contributed by atoms with Crippen molar-refractivity contribution in [1.82, 2.24) is 10.3 Å². The summed E-state index contributed by atoms with van der Waals surface area (Å²) in [6, 6.07) is 0. The van der Waals surface area contributed by atoms with E-state index in [-0.39, 0.29) is 5.41 Å². The van der Waals surface area contributed by atoms with Crippen LogP contribution in [0.3, 0.4) is 0 Å². The van der Waals surface area contributed by atoms with E-state index >= 15 is 0 Å². The number of rotatable bonds is 6. The molecule has 4 nitrogen and oxygen atoms in total. The topological polar surface area (TPSA) is 54.0 Å². The summed E-state index contributed by atoms with van der Waals surface area (Å²) >= 11 is 0. The van der Waals surface area contributed by atoms with E-state index in [0.29, 0.717) is 6.54 Å². The Morgan fingerprint density at radius 2 is 1.82 bits per heavy atom. The van der Waals surface area contributed by atoms with Crippen LogP contribution in [0.4, 0.5) is 5.69 Å². The Morgan fingerprint density at radius 3 is 2.35 bits per heavy atom. The molecule has 17 heavy (non-hydrogen) atoms. The predicted molar refractivity (Wildman–Crippen MR) is 70.0 cm³/mol.